The number of fused-ring (bicyclic) bond motifs is 1. The summed E-state index contributed by atoms with van der Waals surface area (Å²) < 4.78 is 8.44. The molecule has 0 radical (unpaired) electrons. The van der Waals surface area contributed by atoms with Crippen molar-refractivity contribution in [3.05, 3.63) is 83.0 Å². The van der Waals surface area contributed by atoms with Crippen LogP contribution in [0.15, 0.2) is 71.9 Å². The molecule has 0 aliphatic heterocycles. The molecule has 0 atom stereocenters. The number of para-hydroxylation sites is 2. The lowest BCUT2D eigenvalue weighted by Crippen LogP contribution is -2.23. The normalized spacial score (nSPS) is 10.8. The molecule has 0 saturated heterocycles. The number of nitrogens with one attached hydrogen (secondary N) is 1. The Bertz CT molecular complexity index is 1240. The maximum absolute atomic E-state index is 13.1. The van der Waals surface area contributed by atoms with Gasteiger partial charge in [-0.2, -0.15) is 5.10 Å². The van der Waals surface area contributed by atoms with Crippen molar-refractivity contribution < 1.29 is 9.53 Å². The number of ether oxygens (including phenoxy) is 1. The van der Waals surface area contributed by atoms with Gasteiger partial charge in [0.15, 0.2) is 0 Å². The minimum absolute atomic E-state index is 0.224. The largest absolute Gasteiger partial charge is 0.495 e. The molecule has 0 bridgehead atoms. The zero-order chi connectivity index (χ0) is 19.7. The number of carbonyl (C=O) groups excluding carboxylic acids is 1. The predicted molar refractivity (Wildman–Crippen MR) is 107 cm³/mol. The van der Waals surface area contributed by atoms with E-state index in [1.54, 1.807) is 73.8 Å². The highest BCUT2D eigenvalue weighted by molar-refractivity contribution is 6.12. The van der Waals surface area contributed by atoms with Crippen LogP contribution in [-0.2, 0) is 7.05 Å². The van der Waals surface area contributed by atoms with Crippen LogP contribution in [0.4, 0.5) is 5.69 Å². The molecule has 7 nitrogen and oxygen atoms in total. The molecule has 140 valence electrons. The highest BCUT2D eigenvalue weighted by Gasteiger charge is 2.17. The highest BCUT2D eigenvalue weighted by atomic mass is 16.5. The van der Waals surface area contributed by atoms with Gasteiger partial charge in [0.25, 0.3) is 11.5 Å². The first-order valence-corrected chi connectivity index (χ1v) is 8.66. The van der Waals surface area contributed by atoms with Crippen LogP contribution < -0.4 is 15.6 Å². The Balaban J connectivity index is 1.92. The van der Waals surface area contributed by atoms with E-state index in [9.17, 15) is 9.59 Å². The summed E-state index contributed by atoms with van der Waals surface area (Å²) in [5, 5.41) is 7.92. The summed E-state index contributed by atoms with van der Waals surface area (Å²) in [5.41, 5.74) is 1.30. The Morgan fingerprint density at radius 3 is 2.46 bits per heavy atom. The molecule has 4 aromatic rings. The van der Waals surface area contributed by atoms with Crippen LogP contribution in [0.25, 0.3) is 16.5 Å². The van der Waals surface area contributed by atoms with E-state index in [4.69, 9.17) is 4.74 Å². The molecule has 7 heteroatoms. The van der Waals surface area contributed by atoms with E-state index in [2.05, 4.69) is 10.4 Å². The third-order valence-corrected chi connectivity index (χ3v) is 4.48. The van der Waals surface area contributed by atoms with Gasteiger partial charge in [-0.25, -0.2) is 0 Å². The molecular formula is C21H18N4O3. The van der Waals surface area contributed by atoms with E-state index in [0.29, 0.717) is 33.5 Å². The van der Waals surface area contributed by atoms with Gasteiger partial charge in [0.05, 0.1) is 30.2 Å². The van der Waals surface area contributed by atoms with E-state index in [-0.39, 0.29) is 11.5 Å². The quantitative estimate of drug-likeness (QED) is 0.596. The van der Waals surface area contributed by atoms with Crippen LogP contribution in [0.2, 0.25) is 0 Å². The summed E-state index contributed by atoms with van der Waals surface area (Å²) in [6.45, 7) is 0. The SMILES string of the molecule is COc1ccccc1-n1cc(C(=O)Nc2cnn(C)c2)c2ccccc2c1=O. The number of nitrogens with zero attached hydrogens (tertiary/aromatic N) is 3. The number of hydrogen-bond acceptors (Lipinski definition) is 4. The van der Waals surface area contributed by atoms with Crippen molar-refractivity contribution in [2.45, 2.75) is 0 Å². The lowest BCUT2D eigenvalue weighted by Gasteiger charge is -2.14. The number of anilines is 1. The Labute approximate surface area is 160 Å². The molecule has 0 spiro atoms. The van der Waals surface area contributed by atoms with Crippen LogP contribution in [0, 0.1) is 0 Å². The van der Waals surface area contributed by atoms with Crippen molar-refractivity contribution in [1.29, 1.82) is 0 Å². The van der Waals surface area contributed by atoms with E-state index in [1.165, 1.54) is 4.57 Å². The minimum Gasteiger partial charge on any atom is -0.495 e. The second-order valence-electron chi connectivity index (χ2n) is 6.29. The number of aryl methyl sites for hydroxylation is 1. The number of carbonyl (C=O) groups is 1. The number of benzene rings is 2. The molecule has 4 rings (SSSR count). The number of pyridine rings is 1. The second-order valence-corrected chi connectivity index (χ2v) is 6.29. The van der Waals surface area contributed by atoms with Gasteiger partial charge in [-0.05, 0) is 18.2 Å². The Morgan fingerprint density at radius 1 is 1.04 bits per heavy atom. The van der Waals surface area contributed by atoms with Gasteiger partial charge in [0.2, 0.25) is 0 Å². The van der Waals surface area contributed by atoms with E-state index in [0.717, 1.165) is 0 Å². The summed E-state index contributed by atoms with van der Waals surface area (Å²) >= 11 is 0. The molecule has 0 aliphatic carbocycles. The second kappa shape index (κ2) is 7.03. The van der Waals surface area contributed by atoms with Crippen LogP contribution >= 0.6 is 0 Å². The molecule has 0 unspecified atom stereocenters. The molecule has 1 N–H and O–H groups in total. The summed E-state index contributed by atoms with van der Waals surface area (Å²) in [5.74, 6) is 0.214. The number of aromatic nitrogens is 3. The lowest BCUT2D eigenvalue weighted by molar-refractivity contribution is 0.102. The molecule has 0 fully saturated rings. The van der Waals surface area contributed by atoms with Gasteiger partial charge >= 0.3 is 0 Å². The standard InChI is InChI=1S/C21H18N4O3/c1-24-12-14(11-22-24)23-20(26)17-13-25(18-9-5-6-10-19(18)28-2)21(27)16-8-4-3-7-15(16)17/h3-13H,1-2H3,(H,23,26). The summed E-state index contributed by atoms with van der Waals surface area (Å²) in [4.78, 5) is 26.1. The van der Waals surface area contributed by atoms with Crippen molar-refractivity contribution in [1.82, 2.24) is 14.3 Å². The number of rotatable bonds is 4. The molecule has 0 saturated carbocycles. The fourth-order valence-corrected chi connectivity index (χ4v) is 3.16. The van der Waals surface area contributed by atoms with Gasteiger partial charge in [-0.15, -0.1) is 0 Å². The number of hydrogen-bond donors (Lipinski definition) is 1. The first-order chi connectivity index (χ1) is 13.6. The smallest absolute Gasteiger partial charge is 0.263 e. The van der Waals surface area contributed by atoms with Crippen LogP contribution in [0.1, 0.15) is 10.4 Å². The van der Waals surface area contributed by atoms with Gasteiger partial charge in [-0.1, -0.05) is 30.3 Å². The van der Waals surface area contributed by atoms with Crippen LogP contribution in [0.3, 0.4) is 0 Å². The first kappa shape index (κ1) is 17.5. The fourth-order valence-electron chi connectivity index (χ4n) is 3.16. The molecular weight excluding hydrogens is 356 g/mol. The van der Waals surface area contributed by atoms with Crippen LogP contribution in [-0.4, -0.2) is 27.4 Å². The van der Waals surface area contributed by atoms with Crippen molar-refractivity contribution in [3.8, 4) is 11.4 Å². The molecule has 2 aromatic carbocycles. The molecule has 1 amide bonds. The molecule has 0 aliphatic rings. The topological polar surface area (TPSA) is 78.2 Å². The average molecular weight is 374 g/mol. The highest BCUT2D eigenvalue weighted by Crippen LogP contribution is 2.24. The van der Waals surface area contributed by atoms with E-state index >= 15 is 0 Å². The minimum atomic E-state index is -0.326. The predicted octanol–water partition coefficient (Wildman–Crippen LogP) is 2.99. The summed E-state index contributed by atoms with van der Waals surface area (Å²) in [6.07, 6.45) is 4.82. The van der Waals surface area contributed by atoms with Gasteiger partial charge < -0.3 is 10.1 Å². The van der Waals surface area contributed by atoms with E-state index in [1.807, 2.05) is 12.1 Å². The lowest BCUT2D eigenvalue weighted by atomic mass is 10.1. The Hall–Kier alpha value is -3.87. The van der Waals surface area contributed by atoms with Gasteiger partial charge in [-0.3, -0.25) is 18.8 Å². The van der Waals surface area contributed by atoms with Crippen molar-refractivity contribution in [2.75, 3.05) is 12.4 Å². The number of methoxy groups -OCH3 is 1. The Morgan fingerprint density at radius 2 is 1.75 bits per heavy atom. The maximum Gasteiger partial charge on any atom is 0.263 e. The summed E-state index contributed by atoms with van der Waals surface area (Å²) in [6, 6.07) is 14.2. The van der Waals surface area contributed by atoms with Crippen LogP contribution in [0.5, 0.6) is 5.75 Å². The molecule has 28 heavy (non-hydrogen) atoms. The third kappa shape index (κ3) is 3.03. The molecule has 2 heterocycles. The summed E-state index contributed by atoms with van der Waals surface area (Å²) in [7, 11) is 3.31. The monoisotopic (exact) mass is 374 g/mol. The molecule has 2 aromatic heterocycles. The first-order valence-electron chi connectivity index (χ1n) is 8.66. The zero-order valence-corrected chi connectivity index (χ0v) is 15.4. The van der Waals surface area contributed by atoms with Gasteiger partial charge in [0.1, 0.15) is 5.75 Å². The van der Waals surface area contributed by atoms with E-state index < -0.39 is 0 Å². The van der Waals surface area contributed by atoms with Crippen molar-refractivity contribution >= 4 is 22.4 Å². The Kier molecular flexibility index (Phi) is 4.41. The van der Waals surface area contributed by atoms with Gasteiger partial charge in [0, 0.05) is 30.2 Å². The maximum atomic E-state index is 13.1. The average Bonchev–Trinajstić information content (AvgIpc) is 3.13. The number of amides is 1. The fraction of sp³-hybridized carbons (Fsp3) is 0.0952. The van der Waals surface area contributed by atoms with Crippen molar-refractivity contribution in [3.63, 3.8) is 0 Å². The van der Waals surface area contributed by atoms with Crippen molar-refractivity contribution in [2.24, 2.45) is 7.05 Å². The zero-order valence-electron chi connectivity index (χ0n) is 15.4. The third-order valence-electron chi connectivity index (χ3n) is 4.48.